The van der Waals surface area contributed by atoms with Crippen LogP contribution in [0.4, 0.5) is 5.69 Å². The number of para-hydroxylation sites is 1. The van der Waals surface area contributed by atoms with Gasteiger partial charge in [-0.25, -0.2) is 8.42 Å². The Morgan fingerprint density at radius 3 is 2.18 bits per heavy atom. The number of halogens is 1. The Balaban J connectivity index is 2.06. The van der Waals surface area contributed by atoms with Crippen LogP contribution in [0.3, 0.4) is 0 Å². The van der Waals surface area contributed by atoms with Crippen LogP contribution < -0.4 is 9.62 Å². The summed E-state index contributed by atoms with van der Waals surface area (Å²) in [5, 5.41) is 3.08. The summed E-state index contributed by atoms with van der Waals surface area (Å²) in [4.78, 5) is 28.6. The Morgan fingerprint density at radius 1 is 0.921 bits per heavy atom. The molecule has 3 aromatic rings. The molecule has 0 saturated heterocycles. The number of rotatable bonds is 12. The number of anilines is 1. The molecule has 38 heavy (non-hydrogen) atoms. The molecule has 0 aliphatic carbocycles. The molecule has 0 radical (unpaired) electrons. The number of amides is 2. The monoisotopic (exact) mass is 555 g/mol. The molecule has 0 unspecified atom stereocenters. The van der Waals surface area contributed by atoms with Crippen molar-refractivity contribution in [3.05, 3.63) is 95.0 Å². The standard InChI is InChI=1S/C29H34ClN3O4S/c1-4-19-31-29(35)26(5-2)32(20-23-14-10-9-13-22(23)3)28(34)21-33(27-18-12-11-17-25(27)30)38(36,37)24-15-7-6-8-16-24/h6-18,26H,4-5,19-21H2,1-3H3,(H,31,35)/t26-/m1/s1. The molecule has 9 heteroatoms. The minimum absolute atomic E-state index is 0.0332. The van der Waals surface area contributed by atoms with E-state index in [-0.39, 0.29) is 28.1 Å². The Hall–Kier alpha value is -3.36. The maximum atomic E-state index is 14.0. The van der Waals surface area contributed by atoms with Crippen LogP contribution in [0.2, 0.25) is 5.02 Å². The van der Waals surface area contributed by atoms with Crippen molar-refractivity contribution in [1.29, 1.82) is 0 Å². The molecule has 202 valence electrons. The van der Waals surface area contributed by atoms with Crippen LogP contribution in [0.1, 0.15) is 37.8 Å². The van der Waals surface area contributed by atoms with Crippen LogP contribution in [0, 0.1) is 6.92 Å². The molecule has 2 amide bonds. The summed E-state index contributed by atoms with van der Waals surface area (Å²) in [6.07, 6.45) is 1.12. The third-order valence-corrected chi connectivity index (χ3v) is 8.36. The van der Waals surface area contributed by atoms with Gasteiger partial charge in [-0.1, -0.05) is 80.0 Å². The van der Waals surface area contributed by atoms with E-state index >= 15 is 0 Å². The number of nitrogens with one attached hydrogen (secondary N) is 1. The maximum Gasteiger partial charge on any atom is 0.264 e. The largest absolute Gasteiger partial charge is 0.354 e. The average molecular weight is 556 g/mol. The maximum absolute atomic E-state index is 14.0. The van der Waals surface area contributed by atoms with E-state index in [1.807, 2.05) is 45.0 Å². The van der Waals surface area contributed by atoms with E-state index in [0.717, 1.165) is 21.9 Å². The van der Waals surface area contributed by atoms with Crippen molar-refractivity contribution in [1.82, 2.24) is 10.2 Å². The number of hydrogen-bond acceptors (Lipinski definition) is 4. The van der Waals surface area contributed by atoms with Gasteiger partial charge in [0.25, 0.3) is 10.0 Å². The number of aryl methyl sites for hydroxylation is 1. The van der Waals surface area contributed by atoms with Crippen LogP contribution in [0.15, 0.2) is 83.8 Å². The fourth-order valence-electron chi connectivity index (χ4n) is 4.14. The number of benzene rings is 3. The van der Waals surface area contributed by atoms with Crippen molar-refractivity contribution in [3.8, 4) is 0 Å². The summed E-state index contributed by atoms with van der Waals surface area (Å²) in [5.74, 6) is -0.780. The minimum atomic E-state index is -4.15. The number of carbonyl (C=O) groups excluding carboxylic acids is 2. The second-order valence-corrected chi connectivity index (χ2v) is 11.2. The molecule has 3 aromatic carbocycles. The molecular formula is C29H34ClN3O4S. The van der Waals surface area contributed by atoms with Gasteiger partial charge in [0.1, 0.15) is 12.6 Å². The lowest BCUT2D eigenvalue weighted by atomic mass is 10.1. The fourth-order valence-corrected chi connectivity index (χ4v) is 5.89. The molecule has 0 aliphatic heterocycles. The lowest BCUT2D eigenvalue weighted by Gasteiger charge is -2.33. The van der Waals surface area contributed by atoms with Gasteiger partial charge >= 0.3 is 0 Å². The summed E-state index contributed by atoms with van der Waals surface area (Å²) in [5.41, 5.74) is 2.03. The SMILES string of the molecule is CCCNC(=O)[C@@H](CC)N(Cc1ccccc1C)C(=O)CN(c1ccccc1Cl)S(=O)(=O)c1ccccc1. The topological polar surface area (TPSA) is 86.8 Å². The highest BCUT2D eigenvalue weighted by Crippen LogP contribution is 2.30. The number of hydrogen-bond donors (Lipinski definition) is 1. The average Bonchev–Trinajstić information content (AvgIpc) is 2.92. The zero-order valence-corrected chi connectivity index (χ0v) is 23.5. The molecule has 7 nitrogen and oxygen atoms in total. The van der Waals surface area contributed by atoms with E-state index in [4.69, 9.17) is 11.6 Å². The van der Waals surface area contributed by atoms with Gasteiger partial charge in [-0.15, -0.1) is 0 Å². The van der Waals surface area contributed by atoms with Crippen LogP contribution in [0.5, 0.6) is 0 Å². The lowest BCUT2D eigenvalue weighted by Crippen LogP contribution is -2.52. The highest BCUT2D eigenvalue weighted by molar-refractivity contribution is 7.92. The van der Waals surface area contributed by atoms with Gasteiger partial charge in [0, 0.05) is 13.1 Å². The molecule has 0 spiro atoms. The molecule has 0 heterocycles. The molecule has 0 aromatic heterocycles. The molecule has 0 bridgehead atoms. The van der Waals surface area contributed by atoms with Gasteiger partial charge in [-0.05, 0) is 55.2 Å². The first-order chi connectivity index (χ1) is 18.2. The van der Waals surface area contributed by atoms with Crippen molar-refractivity contribution in [2.45, 2.75) is 51.1 Å². The van der Waals surface area contributed by atoms with E-state index in [1.54, 1.807) is 42.5 Å². The van der Waals surface area contributed by atoms with Crippen molar-refractivity contribution >= 4 is 39.1 Å². The first kappa shape index (κ1) is 29.2. The van der Waals surface area contributed by atoms with E-state index in [1.165, 1.54) is 17.0 Å². The second-order valence-electron chi connectivity index (χ2n) is 8.94. The first-order valence-corrected chi connectivity index (χ1v) is 14.5. The predicted octanol–water partition coefficient (Wildman–Crippen LogP) is 5.18. The Bertz CT molecular complexity index is 1350. The zero-order valence-electron chi connectivity index (χ0n) is 21.9. The third-order valence-electron chi connectivity index (χ3n) is 6.27. The molecular weight excluding hydrogens is 522 g/mol. The first-order valence-electron chi connectivity index (χ1n) is 12.6. The highest BCUT2D eigenvalue weighted by atomic mass is 35.5. The zero-order chi connectivity index (χ0) is 27.7. The molecule has 1 N–H and O–H groups in total. The van der Waals surface area contributed by atoms with Gasteiger partial charge in [-0.3, -0.25) is 13.9 Å². The van der Waals surface area contributed by atoms with Crippen molar-refractivity contribution in [2.24, 2.45) is 0 Å². The predicted molar refractivity (Wildman–Crippen MR) is 152 cm³/mol. The van der Waals surface area contributed by atoms with Gasteiger partial charge in [0.05, 0.1) is 15.6 Å². The van der Waals surface area contributed by atoms with Crippen LogP contribution >= 0.6 is 11.6 Å². The summed E-state index contributed by atoms with van der Waals surface area (Å²) in [6, 6.07) is 21.2. The van der Waals surface area contributed by atoms with Gasteiger partial charge in [0.15, 0.2) is 0 Å². The van der Waals surface area contributed by atoms with Gasteiger partial charge in [0.2, 0.25) is 11.8 Å². The van der Waals surface area contributed by atoms with E-state index < -0.39 is 28.5 Å². The van der Waals surface area contributed by atoms with Gasteiger partial charge in [-0.2, -0.15) is 0 Å². The molecule has 3 rings (SSSR count). The Labute approximate surface area is 230 Å². The van der Waals surface area contributed by atoms with Crippen molar-refractivity contribution in [2.75, 3.05) is 17.4 Å². The quantitative estimate of drug-likeness (QED) is 0.334. The van der Waals surface area contributed by atoms with E-state index in [2.05, 4.69) is 5.32 Å². The second kappa shape index (κ2) is 13.4. The van der Waals surface area contributed by atoms with Crippen LogP contribution in [-0.4, -0.2) is 44.3 Å². The Kier molecular flexibility index (Phi) is 10.3. The highest BCUT2D eigenvalue weighted by Gasteiger charge is 2.34. The summed E-state index contributed by atoms with van der Waals surface area (Å²) in [6.45, 7) is 5.84. The summed E-state index contributed by atoms with van der Waals surface area (Å²) < 4.78 is 28.6. The van der Waals surface area contributed by atoms with Crippen molar-refractivity contribution in [3.63, 3.8) is 0 Å². The number of nitrogens with zero attached hydrogens (tertiary/aromatic N) is 2. The molecule has 0 saturated carbocycles. The normalized spacial score (nSPS) is 12.0. The molecule has 0 aliphatic rings. The summed E-state index contributed by atoms with van der Waals surface area (Å²) >= 11 is 6.43. The van der Waals surface area contributed by atoms with E-state index in [9.17, 15) is 18.0 Å². The smallest absolute Gasteiger partial charge is 0.264 e. The third kappa shape index (κ3) is 6.94. The fraction of sp³-hybridized carbons (Fsp3) is 0.310. The molecule has 1 atom stereocenters. The van der Waals surface area contributed by atoms with Crippen LogP contribution in [-0.2, 0) is 26.2 Å². The minimum Gasteiger partial charge on any atom is -0.354 e. The van der Waals surface area contributed by atoms with E-state index in [0.29, 0.717) is 13.0 Å². The van der Waals surface area contributed by atoms with Crippen molar-refractivity contribution < 1.29 is 18.0 Å². The molecule has 0 fully saturated rings. The Morgan fingerprint density at radius 2 is 1.55 bits per heavy atom. The lowest BCUT2D eigenvalue weighted by molar-refractivity contribution is -0.140. The number of sulfonamides is 1. The van der Waals surface area contributed by atoms with Gasteiger partial charge < -0.3 is 10.2 Å². The summed E-state index contributed by atoms with van der Waals surface area (Å²) in [7, 11) is -4.15. The van der Waals surface area contributed by atoms with Crippen LogP contribution in [0.25, 0.3) is 0 Å². The number of carbonyl (C=O) groups is 2.